The number of aromatic nitrogens is 9. The number of aryl methyl sites for hydroxylation is 2. The Kier molecular flexibility index (Phi) is 6.35. The molecule has 6 heterocycles. The quantitative estimate of drug-likeness (QED) is 0.201. The van der Waals surface area contributed by atoms with Gasteiger partial charge in [0.1, 0.15) is 5.82 Å². The molecule has 2 N–H and O–H groups in total. The third kappa shape index (κ3) is 5.17. The topological polar surface area (TPSA) is 133 Å². The van der Waals surface area contributed by atoms with Crippen molar-refractivity contribution >= 4 is 28.3 Å². The Bertz CT molecular complexity index is 2370. The second-order valence-corrected chi connectivity index (χ2v) is 12.3. The van der Waals surface area contributed by atoms with Gasteiger partial charge in [-0.3, -0.25) is 14.1 Å². The third-order valence-corrected chi connectivity index (χ3v) is 8.74. The second kappa shape index (κ2) is 10.9. The SMILES string of the molecule is [2H]C([2H])([2H])n1c(=O)n(C2CC(C(C)(C)O)C2)c2cc(Nc3cc(-c4cnccc4C(F)(F)F)c4nc(C)c(-c5cnn(C(F)F)c5)n4n3)ncc21. The van der Waals surface area contributed by atoms with Gasteiger partial charge in [-0.15, -0.1) is 5.10 Å². The fraction of sp³-hybridized carbons (Fsp3) is 0.355. The molecule has 250 valence electrons. The molecule has 1 aliphatic rings. The van der Waals surface area contributed by atoms with Crippen molar-refractivity contribution in [3.05, 3.63) is 70.9 Å². The van der Waals surface area contributed by atoms with Crippen LogP contribution in [-0.4, -0.2) is 54.2 Å². The summed E-state index contributed by atoms with van der Waals surface area (Å²) < 4.78 is 97.2. The number of alkyl halides is 5. The molecule has 0 radical (unpaired) electrons. The van der Waals surface area contributed by atoms with E-state index in [0.29, 0.717) is 22.1 Å². The molecule has 0 aliphatic heterocycles. The minimum Gasteiger partial charge on any atom is -0.390 e. The highest BCUT2D eigenvalue weighted by molar-refractivity contribution is 5.85. The number of pyridine rings is 2. The van der Waals surface area contributed by atoms with Crippen LogP contribution in [0.25, 0.3) is 39.1 Å². The lowest BCUT2D eigenvalue weighted by Crippen LogP contribution is -2.43. The van der Waals surface area contributed by atoms with Crippen molar-refractivity contribution in [2.24, 2.45) is 12.9 Å². The summed E-state index contributed by atoms with van der Waals surface area (Å²) in [6.07, 6.45) is 1.47. The fourth-order valence-corrected chi connectivity index (χ4v) is 6.19. The van der Waals surface area contributed by atoms with Gasteiger partial charge in [-0.05, 0) is 51.7 Å². The first-order valence-corrected chi connectivity index (χ1v) is 14.7. The number of nitrogens with one attached hydrogen (secondary N) is 1. The van der Waals surface area contributed by atoms with Crippen LogP contribution in [0.1, 0.15) is 54.6 Å². The highest BCUT2D eigenvalue weighted by Gasteiger charge is 2.41. The van der Waals surface area contributed by atoms with Gasteiger partial charge < -0.3 is 10.4 Å². The number of aliphatic hydroxyl groups is 1. The Morgan fingerprint density at radius 2 is 1.85 bits per heavy atom. The van der Waals surface area contributed by atoms with Crippen molar-refractivity contribution in [1.29, 1.82) is 0 Å². The number of nitrogens with zero attached hydrogens (tertiary/aromatic N) is 9. The van der Waals surface area contributed by atoms with E-state index >= 15 is 0 Å². The highest BCUT2D eigenvalue weighted by Crippen LogP contribution is 2.44. The van der Waals surface area contributed by atoms with Crippen LogP contribution in [0.2, 0.25) is 0 Å². The smallest absolute Gasteiger partial charge is 0.390 e. The summed E-state index contributed by atoms with van der Waals surface area (Å²) in [6.45, 7) is -0.933. The molecule has 17 heteroatoms. The first kappa shape index (κ1) is 27.9. The largest absolute Gasteiger partial charge is 0.417 e. The van der Waals surface area contributed by atoms with Crippen molar-refractivity contribution in [2.45, 2.75) is 58.0 Å². The maximum Gasteiger partial charge on any atom is 0.417 e. The van der Waals surface area contributed by atoms with Gasteiger partial charge in [0, 0.05) is 58.5 Å². The molecular formula is C31H29F5N10O2. The summed E-state index contributed by atoms with van der Waals surface area (Å²) in [7, 11) is 0. The van der Waals surface area contributed by atoms with Gasteiger partial charge in [-0.25, -0.2) is 24.0 Å². The predicted molar refractivity (Wildman–Crippen MR) is 165 cm³/mol. The first-order chi connectivity index (χ1) is 23.8. The van der Waals surface area contributed by atoms with E-state index in [1.807, 2.05) is 0 Å². The molecule has 7 rings (SSSR count). The molecule has 0 saturated heterocycles. The van der Waals surface area contributed by atoms with Gasteiger partial charge in [0.15, 0.2) is 11.5 Å². The maximum atomic E-state index is 14.2. The molecule has 6 aromatic rings. The maximum absolute atomic E-state index is 14.2. The zero-order valence-corrected chi connectivity index (χ0v) is 25.5. The summed E-state index contributed by atoms with van der Waals surface area (Å²) in [6, 6.07) is 3.12. The van der Waals surface area contributed by atoms with Gasteiger partial charge in [-0.1, -0.05) is 0 Å². The normalized spacial score (nSPS) is 18.2. The Morgan fingerprint density at radius 1 is 1.08 bits per heavy atom. The minimum atomic E-state index is -4.78. The molecule has 0 amide bonds. The standard InChI is InChI=1S/C31H29F5N10O2/c1-15-26(16-11-39-44(14-16)28(32)33)46-27(40-15)19(20-12-37-6-5-21(20)31(34,35)36)9-25(42-46)41-24-10-22-23(13-38-24)43(4)29(47)45(22)18-7-17(8-18)30(2,3)48/h5-6,9-14,17-18,28,48H,7-8H2,1-4H3,(H,38,41,42)/i4D3. The van der Waals surface area contributed by atoms with Crippen molar-refractivity contribution in [3.63, 3.8) is 0 Å². The molecule has 0 spiro atoms. The lowest BCUT2D eigenvalue weighted by Gasteiger charge is -2.42. The number of halogens is 5. The molecule has 0 bridgehead atoms. The summed E-state index contributed by atoms with van der Waals surface area (Å²) in [4.78, 5) is 26.2. The highest BCUT2D eigenvalue weighted by atomic mass is 19.4. The monoisotopic (exact) mass is 671 g/mol. The summed E-state index contributed by atoms with van der Waals surface area (Å²) in [5, 5.41) is 21.6. The molecule has 1 fully saturated rings. The summed E-state index contributed by atoms with van der Waals surface area (Å²) in [5.41, 5.74) is -2.39. The van der Waals surface area contributed by atoms with Gasteiger partial charge in [0.05, 0.1) is 46.0 Å². The lowest BCUT2D eigenvalue weighted by molar-refractivity contribution is -0.137. The van der Waals surface area contributed by atoms with E-state index in [1.54, 1.807) is 20.8 Å². The van der Waals surface area contributed by atoms with E-state index in [4.69, 9.17) is 4.11 Å². The molecule has 1 aliphatic carbocycles. The van der Waals surface area contributed by atoms with Gasteiger partial charge in [0.25, 0.3) is 0 Å². The molecule has 6 aromatic heterocycles. The number of hydrogen-bond acceptors (Lipinski definition) is 8. The predicted octanol–water partition coefficient (Wildman–Crippen LogP) is 5.89. The molecule has 1 saturated carbocycles. The Labute approximate surface area is 272 Å². The zero-order valence-electron chi connectivity index (χ0n) is 28.5. The number of hydrogen-bond donors (Lipinski definition) is 2. The Hall–Kier alpha value is -5.19. The van der Waals surface area contributed by atoms with E-state index in [9.17, 15) is 31.9 Å². The Morgan fingerprint density at radius 3 is 2.52 bits per heavy atom. The molecular weight excluding hydrogens is 639 g/mol. The van der Waals surface area contributed by atoms with E-state index in [1.165, 1.54) is 27.4 Å². The van der Waals surface area contributed by atoms with Crippen molar-refractivity contribution < 1.29 is 31.2 Å². The molecule has 48 heavy (non-hydrogen) atoms. The van der Waals surface area contributed by atoms with E-state index < -0.39 is 42.6 Å². The van der Waals surface area contributed by atoms with Gasteiger partial charge >= 0.3 is 18.4 Å². The molecule has 0 atom stereocenters. The van der Waals surface area contributed by atoms with Crippen LogP contribution in [0.3, 0.4) is 0 Å². The van der Waals surface area contributed by atoms with Crippen LogP contribution >= 0.6 is 0 Å². The van der Waals surface area contributed by atoms with E-state index in [-0.39, 0.29) is 62.3 Å². The van der Waals surface area contributed by atoms with Crippen LogP contribution in [0.4, 0.5) is 33.6 Å². The summed E-state index contributed by atoms with van der Waals surface area (Å²) >= 11 is 0. The molecule has 12 nitrogen and oxygen atoms in total. The first-order valence-electron chi connectivity index (χ1n) is 16.2. The molecule has 0 aromatic carbocycles. The van der Waals surface area contributed by atoms with Crippen LogP contribution in [0.5, 0.6) is 0 Å². The minimum absolute atomic E-state index is 0.0232. The van der Waals surface area contributed by atoms with E-state index in [0.717, 1.165) is 30.9 Å². The van der Waals surface area contributed by atoms with Crippen molar-refractivity contribution in [3.8, 4) is 22.4 Å². The lowest BCUT2D eigenvalue weighted by atomic mass is 9.71. The van der Waals surface area contributed by atoms with Crippen LogP contribution in [-0.2, 0) is 13.2 Å². The average molecular weight is 672 g/mol. The second-order valence-electron chi connectivity index (χ2n) is 12.3. The van der Waals surface area contributed by atoms with Crippen molar-refractivity contribution in [1.82, 2.24) is 43.5 Å². The molecule has 0 unspecified atom stereocenters. The van der Waals surface area contributed by atoms with Crippen LogP contribution < -0.4 is 11.0 Å². The number of fused-ring (bicyclic) bond motifs is 2. The summed E-state index contributed by atoms with van der Waals surface area (Å²) in [5.74, 6) is -0.138. The fourth-order valence-electron chi connectivity index (χ4n) is 6.19. The Balaban J connectivity index is 1.40. The van der Waals surface area contributed by atoms with Crippen LogP contribution in [0.15, 0.2) is 54.0 Å². The number of anilines is 2. The van der Waals surface area contributed by atoms with Crippen molar-refractivity contribution in [2.75, 3.05) is 5.32 Å². The zero-order chi connectivity index (χ0) is 36.8. The number of imidazole rings is 2. The number of rotatable bonds is 7. The van der Waals surface area contributed by atoms with E-state index in [2.05, 4.69) is 30.5 Å². The van der Waals surface area contributed by atoms with Gasteiger partial charge in [-0.2, -0.15) is 27.1 Å². The van der Waals surface area contributed by atoms with Crippen LogP contribution in [0, 0.1) is 12.8 Å². The third-order valence-electron chi connectivity index (χ3n) is 8.74. The average Bonchev–Trinajstić information content (AvgIpc) is 3.68. The van der Waals surface area contributed by atoms with Gasteiger partial charge in [0.2, 0.25) is 0 Å².